The second-order valence-electron chi connectivity index (χ2n) is 7.29. The van der Waals surface area contributed by atoms with E-state index in [2.05, 4.69) is 17.1 Å². The number of benzene rings is 1. The molecule has 132 valence electrons. The van der Waals surface area contributed by atoms with Gasteiger partial charge in [-0.2, -0.15) is 0 Å². The minimum atomic E-state index is 0.0651. The monoisotopic (exact) mass is 375 g/mol. The number of rotatable bonds is 3. The van der Waals surface area contributed by atoms with Gasteiger partial charge in [-0.05, 0) is 54.7 Å². The third-order valence-corrected chi connectivity index (χ3v) is 8.86. The molecule has 0 spiro atoms. The molecule has 2 saturated carbocycles. The van der Waals surface area contributed by atoms with E-state index in [-0.39, 0.29) is 4.87 Å². The molecule has 1 aliphatic heterocycles. The Morgan fingerprint density at radius 1 is 1.12 bits per heavy atom. The molecule has 2 bridgehead atoms. The quantitative estimate of drug-likeness (QED) is 0.877. The van der Waals surface area contributed by atoms with E-state index in [0.29, 0.717) is 17.1 Å². The van der Waals surface area contributed by atoms with Crippen LogP contribution in [-0.2, 0) is 0 Å². The maximum atomic E-state index is 12.1. The van der Waals surface area contributed by atoms with Crippen LogP contribution in [0.1, 0.15) is 35.6 Å². The largest absolute Gasteiger partial charge is 0.493 e. The molecule has 2 aliphatic carbocycles. The first-order valence-electron chi connectivity index (χ1n) is 8.81. The SMILES string of the molecule is COc1ccc([C@@H]2c3sc(=O)[nH]c3S[C@@H]3[C@H]4CC[C@@H](C4)[C@@H]23)cc1OC. The third-order valence-electron chi connectivity index (χ3n) is 6.23. The van der Waals surface area contributed by atoms with Crippen molar-refractivity contribution in [1.82, 2.24) is 4.98 Å². The van der Waals surface area contributed by atoms with E-state index in [1.807, 2.05) is 17.8 Å². The van der Waals surface area contributed by atoms with Crippen LogP contribution in [0.3, 0.4) is 0 Å². The van der Waals surface area contributed by atoms with E-state index in [1.54, 1.807) is 14.2 Å². The summed E-state index contributed by atoms with van der Waals surface area (Å²) in [4.78, 5) is 16.4. The lowest BCUT2D eigenvalue weighted by atomic mass is 9.75. The standard InChI is InChI=1S/C19H21NO3S2/c1-22-12-6-5-10(8-13(12)23-2)15-14-9-3-4-11(7-9)16(14)24-18-17(15)25-19(21)20-18/h5-6,8-9,11,14-16H,3-4,7H2,1-2H3,(H,20,21)/t9-,11-,14-,15-,16+/m0/s1. The van der Waals surface area contributed by atoms with Crippen LogP contribution in [-0.4, -0.2) is 24.5 Å². The predicted octanol–water partition coefficient (Wildman–Crippen LogP) is 4.11. The fourth-order valence-electron chi connectivity index (χ4n) is 5.27. The number of thioether (sulfide) groups is 1. The zero-order chi connectivity index (χ0) is 17.1. The maximum absolute atomic E-state index is 12.1. The average molecular weight is 376 g/mol. The van der Waals surface area contributed by atoms with Crippen LogP contribution in [0, 0.1) is 17.8 Å². The molecule has 25 heavy (non-hydrogen) atoms. The Bertz CT molecular complexity index is 874. The summed E-state index contributed by atoms with van der Waals surface area (Å²) in [6.07, 6.45) is 4.04. The molecule has 2 heterocycles. The Kier molecular flexibility index (Phi) is 3.68. The van der Waals surface area contributed by atoms with Crippen molar-refractivity contribution < 1.29 is 9.47 Å². The van der Waals surface area contributed by atoms with E-state index in [0.717, 1.165) is 28.4 Å². The third kappa shape index (κ3) is 2.30. The zero-order valence-corrected chi connectivity index (χ0v) is 15.9. The summed E-state index contributed by atoms with van der Waals surface area (Å²) in [5.41, 5.74) is 1.25. The van der Waals surface area contributed by atoms with E-state index in [4.69, 9.17) is 9.47 Å². The van der Waals surface area contributed by atoms with Crippen LogP contribution >= 0.6 is 23.1 Å². The first-order valence-corrected chi connectivity index (χ1v) is 10.5. The number of aromatic amines is 1. The van der Waals surface area contributed by atoms with Gasteiger partial charge in [-0.25, -0.2) is 0 Å². The Labute approximate surface area is 154 Å². The predicted molar refractivity (Wildman–Crippen MR) is 100 cm³/mol. The lowest BCUT2D eigenvalue weighted by Gasteiger charge is -2.40. The summed E-state index contributed by atoms with van der Waals surface area (Å²) in [5.74, 6) is 4.03. The summed E-state index contributed by atoms with van der Waals surface area (Å²) in [6.45, 7) is 0. The molecule has 0 unspecified atom stereocenters. The Hall–Kier alpha value is -1.40. The van der Waals surface area contributed by atoms with E-state index >= 15 is 0 Å². The van der Waals surface area contributed by atoms with E-state index < -0.39 is 0 Å². The highest BCUT2D eigenvalue weighted by molar-refractivity contribution is 8.00. The van der Waals surface area contributed by atoms with Gasteiger partial charge in [0.1, 0.15) is 0 Å². The Morgan fingerprint density at radius 2 is 1.92 bits per heavy atom. The van der Waals surface area contributed by atoms with E-state index in [9.17, 15) is 4.79 Å². The number of H-pyrrole nitrogens is 1. The van der Waals surface area contributed by atoms with Crippen molar-refractivity contribution in [3.8, 4) is 11.5 Å². The van der Waals surface area contributed by atoms with Gasteiger partial charge in [0, 0.05) is 16.0 Å². The fourth-order valence-corrected chi connectivity index (χ4v) is 8.16. The molecule has 4 nitrogen and oxygen atoms in total. The molecule has 5 atom stereocenters. The molecule has 2 fully saturated rings. The highest BCUT2D eigenvalue weighted by Gasteiger charge is 2.54. The van der Waals surface area contributed by atoms with Gasteiger partial charge in [-0.3, -0.25) is 4.79 Å². The van der Waals surface area contributed by atoms with Gasteiger partial charge in [0.25, 0.3) is 0 Å². The number of fused-ring (bicyclic) bond motifs is 6. The van der Waals surface area contributed by atoms with Gasteiger partial charge < -0.3 is 14.5 Å². The van der Waals surface area contributed by atoms with Crippen molar-refractivity contribution in [3.63, 3.8) is 0 Å². The molecular formula is C19H21NO3S2. The van der Waals surface area contributed by atoms with Gasteiger partial charge in [0.15, 0.2) is 11.5 Å². The first kappa shape index (κ1) is 15.8. The minimum absolute atomic E-state index is 0.0651. The number of hydrogen-bond acceptors (Lipinski definition) is 5. The summed E-state index contributed by atoms with van der Waals surface area (Å²) in [7, 11) is 3.34. The summed E-state index contributed by atoms with van der Waals surface area (Å²) in [6, 6.07) is 6.25. The number of thiazole rings is 1. The van der Waals surface area contributed by atoms with Crippen LogP contribution in [0.4, 0.5) is 0 Å². The van der Waals surface area contributed by atoms with Crippen molar-refractivity contribution in [2.75, 3.05) is 14.2 Å². The lowest BCUT2D eigenvalue weighted by Crippen LogP contribution is -2.33. The number of hydrogen-bond donors (Lipinski definition) is 1. The highest BCUT2D eigenvalue weighted by atomic mass is 32.2. The molecule has 3 aliphatic rings. The van der Waals surface area contributed by atoms with Gasteiger partial charge in [0.05, 0.1) is 19.2 Å². The van der Waals surface area contributed by atoms with Gasteiger partial charge in [-0.15, -0.1) is 11.8 Å². The molecule has 1 aromatic carbocycles. The zero-order valence-electron chi connectivity index (χ0n) is 14.3. The molecule has 2 aromatic rings. The van der Waals surface area contributed by atoms with Crippen molar-refractivity contribution in [1.29, 1.82) is 0 Å². The van der Waals surface area contributed by atoms with Crippen LogP contribution < -0.4 is 14.3 Å². The van der Waals surface area contributed by atoms with Crippen molar-refractivity contribution >= 4 is 23.1 Å². The lowest BCUT2D eigenvalue weighted by molar-refractivity contribution is 0.306. The Morgan fingerprint density at radius 3 is 2.72 bits per heavy atom. The van der Waals surface area contributed by atoms with Crippen molar-refractivity contribution in [3.05, 3.63) is 38.3 Å². The maximum Gasteiger partial charge on any atom is 0.305 e. The van der Waals surface area contributed by atoms with Crippen molar-refractivity contribution in [2.45, 2.75) is 35.5 Å². The van der Waals surface area contributed by atoms with Gasteiger partial charge >= 0.3 is 4.87 Å². The van der Waals surface area contributed by atoms with Gasteiger partial charge in [0.2, 0.25) is 0 Å². The number of aromatic nitrogens is 1. The second kappa shape index (κ2) is 5.81. The van der Waals surface area contributed by atoms with Crippen LogP contribution in [0.2, 0.25) is 0 Å². The van der Waals surface area contributed by atoms with Gasteiger partial charge in [-0.1, -0.05) is 17.4 Å². The molecular weight excluding hydrogens is 354 g/mol. The smallest absolute Gasteiger partial charge is 0.305 e. The molecule has 6 heteroatoms. The average Bonchev–Trinajstić information content (AvgIpc) is 3.32. The molecule has 0 saturated heterocycles. The molecule has 1 aromatic heterocycles. The van der Waals surface area contributed by atoms with Crippen molar-refractivity contribution in [2.24, 2.45) is 17.8 Å². The molecule has 5 rings (SSSR count). The number of methoxy groups -OCH3 is 2. The van der Waals surface area contributed by atoms with E-state index in [1.165, 1.54) is 41.0 Å². The molecule has 0 radical (unpaired) electrons. The number of nitrogens with one attached hydrogen (secondary N) is 1. The highest BCUT2D eigenvalue weighted by Crippen LogP contribution is 2.63. The van der Waals surface area contributed by atoms with Crippen LogP contribution in [0.5, 0.6) is 11.5 Å². The van der Waals surface area contributed by atoms with Crippen LogP contribution in [0.15, 0.2) is 28.0 Å². The summed E-state index contributed by atoms with van der Waals surface area (Å²) >= 11 is 3.32. The fraction of sp³-hybridized carbons (Fsp3) is 0.526. The molecule has 0 amide bonds. The molecule has 1 N–H and O–H groups in total. The second-order valence-corrected chi connectivity index (χ2v) is 9.50. The summed E-state index contributed by atoms with van der Waals surface area (Å²) in [5, 5.41) is 1.73. The first-order chi connectivity index (χ1) is 12.2. The number of ether oxygens (including phenoxy) is 2. The Balaban J connectivity index is 1.66. The summed E-state index contributed by atoms with van der Waals surface area (Å²) < 4.78 is 10.9. The topological polar surface area (TPSA) is 51.3 Å². The van der Waals surface area contributed by atoms with Crippen LogP contribution in [0.25, 0.3) is 0 Å². The minimum Gasteiger partial charge on any atom is -0.493 e. The normalized spacial score (nSPS) is 32.3.